The molecule has 0 saturated carbocycles. The summed E-state index contributed by atoms with van der Waals surface area (Å²) in [6.07, 6.45) is 1.18. The van der Waals surface area contributed by atoms with Crippen LogP contribution in [0.2, 0.25) is 0 Å². The molecule has 0 aromatic rings. The topological polar surface area (TPSA) is 86.9 Å². The molecule has 2 bridgehead atoms. The van der Waals surface area contributed by atoms with Gasteiger partial charge in [-0.3, -0.25) is 10.0 Å². The van der Waals surface area contributed by atoms with Gasteiger partial charge in [0, 0.05) is 6.54 Å². The van der Waals surface area contributed by atoms with E-state index in [1.807, 2.05) is 0 Å². The lowest BCUT2D eigenvalue weighted by molar-refractivity contribution is -0.122. The van der Waals surface area contributed by atoms with E-state index in [-0.39, 0.29) is 6.04 Å². The molecule has 0 spiro atoms. The first-order valence-electron chi connectivity index (χ1n) is 4.19. The number of urea groups is 1. The van der Waals surface area contributed by atoms with Gasteiger partial charge in [0.05, 0.1) is 6.04 Å². The molecule has 6 nitrogen and oxygen atoms in total. The Bertz CT molecular complexity index is 268. The van der Waals surface area contributed by atoms with Gasteiger partial charge in [-0.05, 0) is 12.8 Å². The van der Waals surface area contributed by atoms with Crippen molar-refractivity contribution in [1.82, 2.24) is 9.96 Å². The SMILES string of the molecule is NC(=O)[C@@H]1CC[C@@H]2CN1C(=O)N2O. The zero-order valence-electron chi connectivity index (χ0n) is 7.01. The summed E-state index contributed by atoms with van der Waals surface area (Å²) in [4.78, 5) is 23.5. The number of carbonyl (C=O) groups is 2. The molecule has 2 heterocycles. The smallest absolute Gasteiger partial charge is 0.344 e. The Morgan fingerprint density at radius 2 is 2.23 bits per heavy atom. The summed E-state index contributed by atoms with van der Waals surface area (Å²) in [6, 6.07) is -1.21. The van der Waals surface area contributed by atoms with Crippen molar-refractivity contribution < 1.29 is 14.8 Å². The van der Waals surface area contributed by atoms with Gasteiger partial charge in [0.25, 0.3) is 0 Å². The normalized spacial score (nSPS) is 32.5. The average Bonchev–Trinajstić information content (AvgIpc) is 2.32. The van der Waals surface area contributed by atoms with E-state index in [1.165, 1.54) is 4.90 Å². The molecule has 3 amide bonds. The Hall–Kier alpha value is -1.30. The monoisotopic (exact) mass is 185 g/mol. The maximum Gasteiger partial charge on any atom is 0.344 e. The Balaban J connectivity index is 2.22. The number of nitrogens with zero attached hydrogens (tertiary/aromatic N) is 2. The summed E-state index contributed by atoms with van der Waals surface area (Å²) in [6.45, 7) is 0.406. The third kappa shape index (κ3) is 1.06. The standard InChI is InChI=1S/C7H11N3O3/c8-6(11)5-2-1-4-3-9(5)7(12)10(4)13/h4-5,13H,1-3H2,(H2,8,11)/t4-,5+/m1/s1. The van der Waals surface area contributed by atoms with Crippen LogP contribution >= 0.6 is 0 Å². The minimum Gasteiger partial charge on any atom is -0.368 e. The Morgan fingerprint density at radius 1 is 1.54 bits per heavy atom. The van der Waals surface area contributed by atoms with E-state index in [4.69, 9.17) is 5.73 Å². The highest BCUT2D eigenvalue weighted by molar-refractivity contribution is 5.87. The van der Waals surface area contributed by atoms with Gasteiger partial charge in [0.15, 0.2) is 0 Å². The highest BCUT2D eigenvalue weighted by Crippen LogP contribution is 2.27. The maximum atomic E-state index is 11.3. The molecule has 2 saturated heterocycles. The molecule has 0 aliphatic carbocycles. The van der Waals surface area contributed by atoms with Crippen LogP contribution in [0.4, 0.5) is 4.79 Å². The van der Waals surface area contributed by atoms with E-state index in [9.17, 15) is 14.8 Å². The molecule has 2 rings (SSSR count). The summed E-state index contributed by atoms with van der Waals surface area (Å²) >= 11 is 0. The number of rotatable bonds is 1. The lowest BCUT2D eigenvalue weighted by atomic mass is 10.0. The van der Waals surface area contributed by atoms with Crippen LogP contribution in [0.15, 0.2) is 0 Å². The van der Waals surface area contributed by atoms with Crippen LogP contribution in [0, 0.1) is 0 Å². The molecular weight excluding hydrogens is 174 g/mol. The van der Waals surface area contributed by atoms with Gasteiger partial charge in [-0.15, -0.1) is 0 Å². The number of primary amides is 1. The number of fused-ring (bicyclic) bond motifs is 2. The van der Waals surface area contributed by atoms with Crippen LogP contribution in [0.5, 0.6) is 0 Å². The summed E-state index contributed by atoms with van der Waals surface area (Å²) < 4.78 is 0. The first kappa shape index (κ1) is 8.31. The second-order valence-corrected chi connectivity index (χ2v) is 3.43. The van der Waals surface area contributed by atoms with E-state index in [2.05, 4.69) is 0 Å². The number of hydroxylamine groups is 2. The molecule has 2 fully saturated rings. The number of hydrogen-bond donors (Lipinski definition) is 2. The fourth-order valence-electron chi connectivity index (χ4n) is 1.95. The molecule has 0 unspecified atom stereocenters. The van der Waals surface area contributed by atoms with Gasteiger partial charge in [0.1, 0.15) is 6.04 Å². The maximum absolute atomic E-state index is 11.3. The van der Waals surface area contributed by atoms with Crippen molar-refractivity contribution in [1.29, 1.82) is 0 Å². The van der Waals surface area contributed by atoms with Crippen LogP contribution in [0.3, 0.4) is 0 Å². The van der Waals surface area contributed by atoms with Crippen molar-refractivity contribution in [3.05, 3.63) is 0 Å². The third-order valence-electron chi connectivity index (χ3n) is 2.67. The first-order valence-corrected chi connectivity index (χ1v) is 4.19. The highest BCUT2D eigenvalue weighted by atomic mass is 16.5. The Morgan fingerprint density at radius 3 is 2.85 bits per heavy atom. The minimum absolute atomic E-state index is 0.164. The Kier molecular flexibility index (Phi) is 1.66. The molecule has 3 N–H and O–H groups in total. The second-order valence-electron chi connectivity index (χ2n) is 3.43. The zero-order valence-corrected chi connectivity index (χ0v) is 7.01. The van der Waals surface area contributed by atoms with Crippen molar-refractivity contribution >= 4 is 11.9 Å². The summed E-state index contributed by atoms with van der Waals surface area (Å²) in [5.41, 5.74) is 5.13. The number of amides is 3. The molecule has 6 heteroatoms. The molecule has 0 radical (unpaired) electrons. The molecule has 13 heavy (non-hydrogen) atoms. The van der Waals surface area contributed by atoms with Crippen molar-refractivity contribution in [2.75, 3.05) is 6.54 Å². The van der Waals surface area contributed by atoms with E-state index in [0.717, 1.165) is 0 Å². The Labute approximate surface area is 74.8 Å². The fourth-order valence-corrected chi connectivity index (χ4v) is 1.95. The molecule has 2 atom stereocenters. The molecule has 2 aliphatic rings. The number of piperidine rings is 1. The van der Waals surface area contributed by atoms with Crippen molar-refractivity contribution in [2.45, 2.75) is 24.9 Å². The van der Waals surface area contributed by atoms with Crippen LogP contribution in [0.1, 0.15) is 12.8 Å². The second kappa shape index (κ2) is 2.59. The van der Waals surface area contributed by atoms with E-state index >= 15 is 0 Å². The van der Waals surface area contributed by atoms with Crippen molar-refractivity contribution in [3.63, 3.8) is 0 Å². The molecule has 0 aromatic heterocycles. The molecule has 2 aliphatic heterocycles. The largest absolute Gasteiger partial charge is 0.368 e. The van der Waals surface area contributed by atoms with Crippen molar-refractivity contribution in [3.8, 4) is 0 Å². The van der Waals surface area contributed by atoms with Gasteiger partial charge in [-0.25, -0.2) is 9.86 Å². The lowest BCUT2D eigenvalue weighted by Gasteiger charge is -2.27. The summed E-state index contributed by atoms with van der Waals surface area (Å²) in [5, 5.41) is 9.95. The molecule has 72 valence electrons. The zero-order chi connectivity index (χ0) is 9.59. The predicted octanol–water partition coefficient (Wildman–Crippen LogP) is -0.870. The molecular formula is C7H11N3O3. The van der Waals surface area contributed by atoms with Gasteiger partial charge >= 0.3 is 6.03 Å². The van der Waals surface area contributed by atoms with Crippen LogP contribution in [-0.4, -0.2) is 45.7 Å². The van der Waals surface area contributed by atoms with E-state index < -0.39 is 18.0 Å². The quantitative estimate of drug-likeness (QED) is 0.520. The van der Waals surface area contributed by atoms with Gasteiger partial charge < -0.3 is 10.6 Å². The number of hydrogen-bond acceptors (Lipinski definition) is 3. The first-order chi connectivity index (χ1) is 6.11. The van der Waals surface area contributed by atoms with Gasteiger partial charge in [-0.1, -0.05) is 0 Å². The average molecular weight is 185 g/mol. The summed E-state index contributed by atoms with van der Waals surface area (Å²) in [5.74, 6) is -0.498. The van der Waals surface area contributed by atoms with Crippen LogP contribution in [-0.2, 0) is 4.79 Å². The van der Waals surface area contributed by atoms with E-state index in [0.29, 0.717) is 24.4 Å². The minimum atomic E-state index is -0.541. The molecule has 0 aromatic carbocycles. The van der Waals surface area contributed by atoms with Gasteiger partial charge in [-0.2, -0.15) is 0 Å². The lowest BCUT2D eigenvalue weighted by Crippen LogP contribution is -2.47. The predicted molar refractivity (Wildman–Crippen MR) is 41.7 cm³/mol. The fraction of sp³-hybridized carbons (Fsp3) is 0.714. The van der Waals surface area contributed by atoms with Crippen LogP contribution in [0.25, 0.3) is 0 Å². The third-order valence-corrected chi connectivity index (χ3v) is 2.67. The van der Waals surface area contributed by atoms with Gasteiger partial charge in [0.2, 0.25) is 5.91 Å². The van der Waals surface area contributed by atoms with Crippen LogP contribution < -0.4 is 5.73 Å². The number of nitrogens with two attached hydrogens (primary N) is 1. The highest BCUT2D eigenvalue weighted by Gasteiger charge is 2.46. The van der Waals surface area contributed by atoms with Crippen molar-refractivity contribution in [2.24, 2.45) is 5.73 Å². The number of carbonyl (C=O) groups excluding carboxylic acids is 2. The van der Waals surface area contributed by atoms with E-state index in [1.54, 1.807) is 0 Å². The summed E-state index contributed by atoms with van der Waals surface area (Å²) in [7, 11) is 0.